The molecule has 0 aromatic carbocycles. The normalized spacial score (nSPS) is 18.6. The molecule has 0 saturated carbocycles. The number of aliphatic carboxylic acids is 1. The Morgan fingerprint density at radius 1 is 0.944 bits per heavy atom. The Labute approximate surface area is 220 Å². The van der Waals surface area contributed by atoms with Gasteiger partial charge in [0, 0.05) is 18.1 Å². The SMILES string of the molecule is CC(C)C[C@H](NC(=O)[C@H](CS)NC(=O)[C@H](CC(N)=O)NC(=O)[C@@H](N)CS)C(=O)N1CCC[C@H]1C(=O)O. The summed E-state index contributed by atoms with van der Waals surface area (Å²) in [6, 6.07) is -5.66. The molecule has 0 radical (unpaired) electrons. The number of carbonyl (C=O) groups is 6. The van der Waals surface area contributed by atoms with Crippen molar-refractivity contribution in [2.24, 2.45) is 17.4 Å². The van der Waals surface area contributed by atoms with E-state index in [1.54, 1.807) is 0 Å². The van der Waals surface area contributed by atoms with E-state index in [-0.39, 0.29) is 30.4 Å². The van der Waals surface area contributed by atoms with Crippen LogP contribution in [0.4, 0.5) is 0 Å². The number of thiol groups is 2. The fraction of sp³-hybridized carbons (Fsp3) is 0.714. The van der Waals surface area contributed by atoms with E-state index in [9.17, 15) is 33.9 Å². The molecule has 15 heteroatoms. The second-order valence-electron chi connectivity index (χ2n) is 8.98. The molecule has 0 aromatic rings. The molecule has 0 spiro atoms. The van der Waals surface area contributed by atoms with Gasteiger partial charge in [0.25, 0.3) is 0 Å². The third-order valence-corrected chi connectivity index (χ3v) is 6.29. The zero-order chi connectivity index (χ0) is 27.6. The van der Waals surface area contributed by atoms with Crippen LogP contribution in [0.2, 0.25) is 0 Å². The molecule has 36 heavy (non-hydrogen) atoms. The van der Waals surface area contributed by atoms with Gasteiger partial charge >= 0.3 is 5.97 Å². The molecule has 0 unspecified atom stereocenters. The van der Waals surface area contributed by atoms with E-state index in [1.165, 1.54) is 4.90 Å². The molecule has 1 rings (SSSR count). The summed E-state index contributed by atoms with van der Waals surface area (Å²) in [5.74, 6) is -5.05. The number of nitrogens with zero attached hydrogens (tertiary/aromatic N) is 1. The van der Waals surface area contributed by atoms with E-state index < -0.39 is 72.1 Å². The summed E-state index contributed by atoms with van der Waals surface area (Å²) in [7, 11) is 0. The van der Waals surface area contributed by atoms with Gasteiger partial charge < -0.3 is 37.4 Å². The number of carbonyl (C=O) groups excluding carboxylic acids is 5. The third kappa shape index (κ3) is 9.50. The second kappa shape index (κ2) is 14.9. The third-order valence-electron chi connectivity index (χ3n) is 5.53. The van der Waals surface area contributed by atoms with Crippen molar-refractivity contribution in [1.82, 2.24) is 20.9 Å². The smallest absolute Gasteiger partial charge is 0.326 e. The van der Waals surface area contributed by atoms with Crippen molar-refractivity contribution in [3.63, 3.8) is 0 Å². The minimum Gasteiger partial charge on any atom is -0.480 e. The van der Waals surface area contributed by atoms with E-state index in [4.69, 9.17) is 11.5 Å². The molecule has 8 N–H and O–H groups in total. The quantitative estimate of drug-likeness (QED) is 0.110. The highest BCUT2D eigenvalue weighted by Crippen LogP contribution is 2.20. The van der Waals surface area contributed by atoms with Crippen LogP contribution in [0, 0.1) is 5.92 Å². The summed E-state index contributed by atoms with van der Waals surface area (Å²) in [5, 5.41) is 16.7. The van der Waals surface area contributed by atoms with Crippen LogP contribution in [-0.4, -0.2) is 93.8 Å². The van der Waals surface area contributed by atoms with Crippen molar-refractivity contribution in [3.05, 3.63) is 0 Å². The topological polar surface area (TPSA) is 214 Å². The second-order valence-corrected chi connectivity index (χ2v) is 9.71. The predicted octanol–water partition coefficient (Wildman–Crippen LogP) is -2.38. The summed E-state index contributed by atoms with van der Waals surface area (Å²) in [5.41, 5.74) is 10.8. The minimum atomic E-state index is -1.40. The van der Waals surface area contributed by atoms with Gasteiger partial charge in [-0.2, -0.15) is 25.3 Å². The fourth-order valence-electron chi connectivity index (χ4n) is 3.69. The highest BCUT2D eigenvalue weighted by atomic mass is 32.1. The monoisotopic (exact) mass is 548 g/mol. The Kier molecular flexibility index (Phi) is 13.0. The first-order valence-corrected chi connectivity index (χ1v) is 12.8. The lowest BCUT2D eigenvalue weighted by Crippen LogP contribution is -2.59. The molecule has 1 aliphatic heterocycles. The van der Waals surface area contributed by atoms with E-state index in [1.807, 2.05) is 13.8 Å². The Bertz CT molecular complexity index is 844. The van der Waals surface area contributed by atoms with Gasteiger partial charge in [0.1, 0.15) is 24.2 Å². The number of nitrogens with one attached hydrogen (secondary N) is 3. The van der Waals surface area contributed by atoms with E-state index >= 15 is 0 Å². The maximum Gasteiger partial charge on any atom is 0.326 e. The summed E-state index contributed by atoms with van der Waals surface area (Å²) in [4.78, 5) is 75.2. The Balaban J connectivity index is 2.99. The molecule has 0 aromatic heterocycles. The lowest BCUT2D eigenvalue weighted by molar-refractivity contribution is -0.149. The molecule has 0 aliphatic carbocycles. The van der Waals surface area contributed by atoms with Crippen molar-refractivity contribution >= 4 is 60.8 Å². The standard InChI is InChI=1S/C21H36N6O7S2/c1-10(2)6-13(20(32)27-5-3-4-15(27)21(33)34)25-19(31)14(9-36)26-18(30)12(7-16(23)28)24-17(29)11(22)8-35/h10-15,35-36H,3-9,22H2,1-2H3,(H2,23,28)(H,24,29)(H,25,31)(H,26,30)(H,33,34)/t11-,12-,13-,14-,15-/m0/s1. The van der Waals surface area contributed by atoms with Gasteiger partial charge in [0.05, 0.1) is 12.5 Å². The van der Waals surface area contributed by atoms with Crippen molar-refractivity contribution in [2.75, 3.05) is 18.1 Å². The van der Waals surface area contributed by atoms with Crippen LogP contribution in [0.3, 0.4) is 0 Å². The number of hydrogen-bond acceptors (Lipinski definition) is 9. The number of carboxylic acids is 1. The zero-order valence-electron chi connectivity index (χ0n) is 20.3. The molecular formula is C21H36N6O7S2. The average Bonchev–Trinajstić information content (AvgIpc) is 3.30. The number of rotatable bonds is 14. The largest absolute Gasteiger partial charge is 0.480 e. The number of nitrogens with two attached hydrogens (primary N) is 2. The van der Waals surface area contributed by atoms with Crippen molar-refractivity contribution in [1.29, 1.82) is 0 Å². The van der Waals surface area contributed by atoms with Gasteiger partial charge in [-0.15, -0.1) is 0 Å². The van der Waals surface area contributed by atoms with Crippen LogP contribution in [0.1, 0.15) is 39.5 Å². The van der Waals surface area contributed by atoms with Gasteiger partial charge in [-0.1, -0.05) is 13.8 Å². The highest BCUT2D eigenvalue weighted by Gasteiger charge is 2.38. The summed E-state index contributed by atoms with van der Waals surface area (Å²) < 4.78 is 0. The molecule has 1 heterocycles. The fourth-order valence-corrected chi connectivity index (χ4v) is 4.11. The first kappa shape index (κ1) is 31.5. The van der Waals surface area contributed by atoms with Gasteiger partial charge in [-0.3, -0.25) is 24.0 Å². The zero-order valence-corrected chi connectivity index (χ0v) is 22.1. The number of carboxylic acid groups (broad SMARTS) is 1. The predicted molar refractivity (Wildman–Crippen MR) is 137 cm³/mol. The highest BCUT2D eigenvalue weighted by molar-refractivity contribution is 7.80. The summed E-state index contributed by atoms with van der Waals surface area (Å²) in [6.45, 7) is 3.95. The average molecular weight is 549 g/mol. The molecule has 5 atom stereocenters. The van der Waals surface area contributed by atoms with E-state index in [0.29, 0.717) is 12.8 Å². The Hall–Kier alpha value is -2.52. The summed E-state index contributed by atoms with van der Waals surface area (Å²) in [6.07, 6.45) is 0.549. The Morgan fingerprint density at radius 3 is 2.00 bits per heavy atom. The van der Waals surface area contributed by atoms with Crippen molar-refractivity contribution < 1.29 is 33.9 Å². The van der Waals surface area contributed by atoms with Crippen LogP contribution < -0.4 is 27.4 Å². The van der Waals surface area contributed by atoms with Crippen molar-refractivity contribution in [2.45, 2.75) is 69.7 Å². The maximum absolute atomic E-state index is 13.1. The van der Waals surface area contributed by atoms with Crippen LogP contribution in [0.5, 0.6) is 0 Å². The first-order chi connectivity index (χ1) is 16.8. The molecular weight excluding hydrogens is 512 g/mol. The number of hydrogen-bond donors (Lipinski definition) is 8. The molecule has 13 nitrogen and oxygen atoms in total. The number of amides is 5. The van der Waals surface area contributed by atoms with Crippen molar-refractivity contribution in [3.8, 4) is 0 Å². The molecule has 0 bridgehead atoms. The molecule has 1 saturated heterocycles. The molecule has 204 valence electrons. The molecule has 1 fully saturated rings. The van der Waals surface area contributed by atoms with Crippen LogP contribution in [0.15, 0.2) is 0 Å². The molecule has 1 aliphatic rings. The maximum atomic E-state index is 13.1. The summed E-state index contributed by atoms with van der Waals surface area (Å²) >= 11 is 8.01. The van der Waals surface area contributed by atoms with Gasteiger partial charge in [-0.05, 0) is 25.2 Å². The van der Waals surface area contributed by atoms with Crippen LogP contribution >= 0.6 is 25.3 Å². The van der Waals surface area contributed by atoms with Gasteiger partial charge in [0.2, 0.25) is 29.5 Å². The van der Waals surface area contributed by atoms with Gasteiger partial charge in [-0.25, -0.2) is 4.79 Å². The van der Waals surface area contributed by atoms with Gasteiger partial charge in [0.15, 0.2) is 0 Å². The lowest BCUT2D eigenvalue weighted by Gasteiger charge is -2.29. The van der Waals surface area contributed by atoms with E-state index in [0.717, 1.165) is 0 Å². The Morgan fingerprint density at radius 2 is 1.50 bits per heavy atom. The first-order valence-electron chi connectivity index (χ1n) is 11.5. The minimum absolute atomic E-state index is 0.0105. The lowest BCUT2D eigenvalue weighted by atomic mass is 10.0. The van der Waals surface area contributed by atoms with Crippen LogP contribution in [-0.2, 0) is 28.8 Å². The number of likely N-dealkylation sites (tertiary alicyclic amines) is 1. The van der Waals surface area contributed by atoms with Crippen LogP contribution in [0.25, 0.3) is 0 Å². The number of primary amides is 1. The molecule has 5 amide bonds. The van der Waals surface area contributed by atoms with E-state index in [2.05, 4.69) is 41.2 Å².